The van der Waals surface area contributed by atoms with Gasteiger partial charge in [0.25, 0.3) is 10.0 Å². The summed E-state index contributed by atoms with van der Waals surface area (Å²) in [5.74, 6) is -0.163. The van der Waals surface area contributed by atoms with Gasteiger partial charge in [-0.25, -0.2) is 18.4 Å². The molecule has 1 amide bonds. The minimum absolute atomic E-state index is 0.163. The summed E-state index contributed by atoms with van der Waals surface area (Å²) < 4.78 is 28.2. The van der Waals surface area contributed by atoms with Crippen molar-refractivity contribution in [1.82, 2.24) is 9.97 Å². The highest BCUT2D eigenvalue weighted by atomic mass is 32.2. The molecule has 0 aliphatic carbocycles. The molecule has 0 fully saturated rings. The van der Waals surface area contributed by atoms with Crippen LogP contribution < -0.4 is 10.0 Å². The number of aromatic nitrogens is 2. The average Bonchev–Trinajstić information content (AvgIpc) is 3.32. The summed E-state index contributed by atoms with van der Waals surface area (Å²) in [5.41, 5.74) is 1.50. The second-order valence-corrected chi connectivity index (χ2v) is 9.67. The Balaban J connectivity index is 1.33. The van der Waals surface area contributed by atoms with E-state index in [-0.39, 0.29) is 22.4 Å². The number of amides is 1. The van der Waals surface area contributed by atoms with Crippen molar-refractivity contribution < 1.29 is 13.2 Å². The third-order valence-electron chi connectivity index (χ3n) is 3.98. The fraction of sp³-hybridized carbons (Fsp3) is 0.105. The normalized spacial score (nSPS) is 11.4. The molecule has 2 aromatic carbocycles. The van der Waals surface area contributed by atoms with Gasteiger partial charge in [0.2, 0.25) is 5.91 Å². The fourth-order valence-electron chi connectivity index (χ4n) is 2.59. The first kappa shape index (κ1) is 19.5. The molecule has 7 nitrogen and oxygen atoms in total. The number of rotatable bonds is 7. The molecule has 0 unspecified atom stereocenters. The molecule has 0 atom stereocenters. The van der Waals surface area contributed by atoms with E-state index in [1.165, 1.54) is 34.8 Å². The van der Waals surface area contributed by atoms with Gasteiger partial charge in [0, 0.05) is 11.8 Å². The molecule has 0 saturated heterocycles. The van der Waals surface area contributed by atoms with E-state index in [0.717, 1.165) is 10.2 Å². The summed E-state index contributed by atoms with van der Waals surface area (Å²) in [5, 5.41) is 5.38. The lowest BCUT2D eigenvalue weighted by Crippen LogP contribution is -2.13. The van der Waals surface area contributed by atoms with Crippen LogP contribution >= 0.6 is 22.7 Å². The van der Waals surface area contributed by atoms with Crippen LogP contribution in [0.3, 0.4) is 0 Å². The van der Waals surface area contributed by atoms with Crippen LogP contribution in [-0.2, 0) is 21.2 Å². The van der Waals surface area contributed by atoms with E-state index in [9.17, 15) is 13.2 Å². The molecular formula is C19H16N4O3S3. The zero-order valence-corrected chi connectivity index (χ0v) is 17.5. The number of carbonyl (C=O) groups excluding carboxylic acids is 1. The summed E-state index contributed by atoms with van der Waals surface area (Å²) in [6.45, 7) is 0. The van der Waals surface area contributed by atoms with Crippen LogP contribution in [0, 0.1) is 0 Å². The first-order chi connectivity index (χ1) is 14.0. The van der Waals surface area contributed by atoms with Crippen LogP contribution in [0.4, 0.5) is 10.3 Å². The quantitative estimate of drug-likeness (QED) is 0.446. The van der Waals surface area contributed by atoms with Gasteiger partial charge in [-0.05, 0) is 30.7 Å². The monoisotopic (exact) mass is 444 g/mol. The Labute approximate surface area is 175 Å². The van der Waals surface area contributed by atoms with Crippen molar-refractivity contribution in [2.75, 3.05) is 10.0 Å². The van der Waals surface area contributed by atoms with Gasteiger partial charge in [-0.15, -0.1) is 11.3 Å². The van der Waals surface area contributed by atoms with Crippen LogP contribution in [0.2, 0.25) is 0 Å². The smallest absolute Gasteiger partial charge is 0.263 e. The van der Waals surface area contributed by atoms with E-state index in [0.29, 0.717) is 17.2 Å². The number of hydrogen-bond donors (Lipinski definition) is 2. The summed E-state index contributed by atoms with van der Waals surface area (Å²) in [7, 11) is -3.67. The second kappa shape index (κ2) is 8.27. The molecule has 0 aliphatic rings. The number of carbonyl (C=O) groups is 1. The second-order valence-electron chi connectivity index (χ2n) is 6.10. The van der Waals surface area contributed by atoms with Crippen molar-refractivity contribution in [1.29, 1.82) is 0 Å². The molecule has 0 radical (unpaired) electrons. The minimum Gasteiger partial charge on any atom is -0.302 e. The number of anilines is 2. The van der Waals surface area contributed by atoms with Crippen LogP contribution in [0.5, 0.6) is 0 Å². The van der Waals surface area contributed by atoms with Crippen molar-refractivity contribution in [3.63, 3.8) is 0 Å². The summed E-state index contributed by atoms with van der Waals surface area (Å²) in [4.78, 5) is 21.0. The van der Waals surface area contributed by atoms with Crippen molar-refractivity contribution >= 4 is 59.1 Å². The Hall–Kier alpha value is -2.82. The fourth-order valence-corrected chi connectivity index (χ4v) is 5.49. The largest absolute Gasteiger partial charge is 0.302 e. The number of thiazole rings is 2. The molecule has 0 saturated carbocycles. The maximum atomic E-state index is 12.3. The first-order valence-electron chi connectivity index (χ1n) is 8.67. The predicted octanol–water partition coefficient (Wildman–Crippen LogP) is 4.12. The molecule has 4 rings (SSSR count). The van der Waals surface area contributed by atoms with Gasteiger partial charge in [0.05, 0.1) is 20.8 Å². The third-order valence-corrected chi connectivity index (χ3v) is 7.22. The molecule has 4 aromatic rings. The zero-order valence-electron chi connectivity index (χ0n) is 15.0. The Morgan fingerprint density at radius 1 is 0.966 bits per heavy atom. The molecule has 2 aromatic heterocycles. The molecule has 2 N–H and O–H groups in total. The van der Waals surface area contributed by atoms with Gasteiger partial charge in [0.15, 0.2) is 10.3 Å². The van der Waals surface area contributed by atoms with Gasteiger partial charge < -0.3 is 5.32 Å². The van der Waals surface area contributed by atoms with Gasteiger partial charge >= 0.3 is 0 Å². The maximum Gasteiger partial charge on any atom is 0.263 e. The van der Waals surface area contributed by atoms with Crippen molar-refractivity contribution in [3.8, 4) is 0 Å². The molecular weight excluding hydrogens is 428 g/mol. The highest BCUT2D eigenvalue weighted by Crippen LogP contribution is 2.26. The maximum absolute atomic E-state index is 12.3. The van der Waals surface area contributed by atoms with Crippen molar-refractivity contribution in [3.05, 3.63) is 65.7 Å². The Kier molecular flexibility index (Phi) is 5.56. The summed E-state index contributed by atoms with van der Waals surface area (Å²) in [6, 6.07) is 15.8. The van der Waals surface area contributed by atoms with E-state index >= 15 is 0 Å². The molecule has 2 heterocycles. The Morgan fingerprint density at radius 2 is 1.72 bits per heavy atom. The molecule has 0 bridgehead atoms. The van der Waals surface area contributed by atoms with Gasteiger partial charge in [-0.1, -0.05) is 41.7 Å². The third kappa shape index (κ3) is 4.78. The van der Waals surface area contributed by atoms with E-state index in [1.54, 1.807) is 23.6 Å². The number of nitrogens with zero attached hydrogens (tertiary/aromatic N) is 2. The lowest BCUT2D eigenvalue weighted by molar-refractivity contribution is -0.116. The highest BCUT2D eigenvalue weighted by Gasteiger charge is 2.16. The lowest BCUT2D eigenvalue weighted by Gasteiger charge is -2.04. The first-order valence-corrected chi connectivity index (χ1v) is 11.9. The number of aryl methyl sites for hydroxylation is 1. The standard InChI is InChI=1S/C19H16N4O3S3/c24-17(22-18-21-15-8-4-5-9-16(15)28-18)11-10-13-12-27-19(20-13)23-29(25,26)14-6-2-1-3-7-14/h1-9,12H,10-11H2,(H,20,23)(H,21,22,24). The molecule has 0 aliphatic heterocycles. The van der Waals surface area contributed by atoms with Crippen LogP contribution in [0.25, 0.3) is 10.2 Å². The SMILES string of the molecule is O=C(CCc1csc(NS(=O)(=O)c2ccccc2)n1)Nc1nc2ccccc2s1. The number of para-hydroxylation sites is 1. The van der Waals surface area contributed by atoms with E-state index < -0.39 is 10.0 Å². The van der Waals surface area contributed by atoms with Gasteiger partial charge in [-0.3, -0.25) is 9.52 Å². The number of nitrogens with one attached hydrogen (secondary N) is 2. The number of sulfonamides is 1. The van der Waals surface area contributed by atoms with Crippen LogP contribution in [0.15, 0.2) is 64.9 Å². The molecule has 29 heavy (non-hydrogen) atoms. The molecule has 148 valence electrons. The van der Waals surface area contributed by atoms with Crippen LogP contribution in [-0.4, -0.2) is 24.3 Å². The topological polar surface area (TPSA) is 101 Å². The molecule has 0 spiro atoms. The van der Waals surface area contributed by atoms with Crippen molar-refractivity contribution in [2.45, 2.75) is 17.7 Å². The summed E-state index contributed by atoms with van der Waals surface area (Å²) in [6.07, 6.45) is 0.630. The minimum atomic E-state index is -3.67. The van der Waals surface area contributed by atoms with E-state index in [2.05, 4.69) is 20.0 Å². The number of fused-ring (bicyclic) bond motifs is 1. The van der Waals surface area contributed by atoms with Crippen molar-refractivity contribution in [2.24, 2.45) is 0 Å². The van der Waals surface area contributed by atoms with Crippen LogP contribution in [0.1, 0.15) is 12.1 Å². The highest BCUT2D eigenvalue weighted by molar-refractivity contribution is 7.93. The van der Waals surface area contributed by atoms with Gasteiger partial charge in [0.1, 0.15) is 0 Å². The van der Waals surface area contributed by atoms with Gasteiger partial charge in [-0.2, -0.15) is 0 Å². The predicted molar refractivity (Wildman–Crippen MR) is 116 cm³/mol. The summed E-state index contributed by atoms with van der Waals surface area (Å²) >= 11 is 2.61. The van der Waals surface area contributed by atoms with E-state index in [4.69, 9.17) is 0 Å². The number of benzene rings is 2. The average molecular weight is 445 g/mol. The molecule has 10 heteroatoms. The lowest BCUT2D eigenvalue weighted by atomic mass is 10.2. The Bertz CT molecular complexity index is 1220. The van der Waals surface area contributed by atoms with E-state index in [1.807, 2.05) is 24.3 Å². The number of hydrogen-bond acceptors (Lipinski definition) is 7. The Morgan fingerprint density at radius 3 is 2.52 bits per heavy atom. The zero-order chi connectivity index (χ0) is 20.3.